The molecule has 0 saturated carbocycles. The van der Waals surface area contributed by atoms with Gasteiger partial charge in [0.1, 0.15) is 5.75 Å². The Kier molecular flexibility index (Phi) is 2.81. The minimum Gasteiger partial charge on any atom is -0.507 e. The zero-order valence-electron chi connectivity index (χ0n) is 8.83. The highest BCUT2D eigenvalue weighted by Gasteiger charge is 2.19. The maximum Gasteiger partial charge on any atom is 0.123 e. The molecule has 14 heavy (non-hydrogen) atoms. The van der Waals surface area contributed by atoms with E-state index in [1.54, 1.807) is 6.07 Å². The number of nitriles is 1. The van der Waals surface area contributed by atoms with Gasteiger partial charge in [-0.1, -0.05) is 39.0 Å². The predicted octanol–water partition coefficient (Wildman–Crippen LogP) is 2.76. The first-order chi connectivity index (χ1) is 6.46. The molecule has 2 nitrogen and oxygen atoms in total. The van der Waals surface area contributed by atoms with E-state index in [1.165, 1.54) is 0 Å². The standard InChI is InChI=1S/C12H15NO/c1-12(2,3)10-6-4-5-9(7-8-13)11(10)14/h4-6,14H,7H2,1-3H3. The zero-order valence-corrected chi connectivity index (χ0v) is 8.83. The largest absolute Gasteiger partial charge is 0.507 e. The van der Waals surface area contributed by atoms with Crippen molar-refractivity contribution in [1.29, 1.82) is 5.26 Å². The number of para-hydroxylation sites is 1. The molecule has 0 spiro atoms. The molecule has 2 heteroatoms. The van der Waals surface area contributed by atoms with E-state index in [4.69, 9.17) is 5.26 Å². The molecule has 0 fully saturated rings. The van der Waals surface area contributed by atoms with Crippen LogP contribution in [-0.2, 0) is 11.8 Å². The van der Waals surface area contributed by atoms with E-state index in [9.17, 15) is 5.11 Å². The van der Waals surface area contributed by atoms with Crippen molar-refractivity contribution < 1.29 is 5.11 Å². The van der Waals surface area contributed by atoms with Crippen LogP contribution in [0.3, 0.4) is 0 Å². The van der Waals surface area contributed by atoms with Crippen molar-refractivity contribution in [3.05, 3.63) is 29.3 Å². The van der Waals surface area contributed by atoms with Crippen LogP contribution in [0.1, 0.15) is 31.9 Å². The molecule has 0 saturated heterocycles. The molecular formula is C12H15NO. The molecule has 1 N–H and O–H groups in total. The number of hydrogen-bond acceptors (Lipinski definition) is 2. The maximum atomic E-state index is 9.90. The predicted molar refractivity (Wildman–Crippen MR) is 56.1 cm³/mol. The fourth-order valence-corrected chi connectivity index (χ4v) is 1.42. The van der Waals surface area contributed by atoms with E-state index in [0.717, 1.165) is 5.56 Å². The molecule has 1 aromatic rings. The summed E-state index contributed by atoms with van der Waals surface area (Å²) in [7, 11) is 0. The number of rotatable bonds is 1. The van der Waals surface area contributed by atoms with E-state index >= 15 is 0 Å². The molecule has 0 aliphatic rings. The molecule has 0 amide bonds. The fourth-order valence-electron chi connectivity index (χ4n) is 1.42. The monoisotopic (exact) mass is 189 g/mol. The molecule has 0 heterocycles. The van der Waals surface area contributed by atoms with Crippen LogP contribution >= 0.6 is 0 Å². The third-order valence-electron chi connectivity index (χ3n) is 2.20. The van der Waals surface area contributed by atoms with Crippen molar-refractivity contribution in [1.82, 2.24) is 0 Å². The van der Waals surface area contributed by atoms with Gasteiger partial charge in [-0.05, 0) is 11.0 Å². The zero-order chi connectivity index (χ0) is 10.8. The summed E-state index contributed by atoms with van der Waals surface area (Å²) in [6.07, 6.45) is 0.260. The second-order valence-electron chi connectivity index (χ2n) is 4.40. The first-order valence-corrected chi connectivity index (χ1v) is 4.65. The fraction of sp³-hybridized carbons (Fsp3) is 0.417. The van der Waals surface area contributed by atoms with Crippen molar-refractivity contribution >= 4 is 0 Å². The molecule has 0 atom stereocenters. The summed E-state index contributed by atoms with van der Waals surface area (Å²) in [5.41, 5.74) is 1.51. The van der Waals surface area contributed by atoms with Crippen molar-refractivity contribution in [2.45, 2.75) is 32.6 Å². The number of phenols is 1. The lowest BCUT2D eigenvalue weighted by Gasteiger charge is -2.21. The minimum atomic E-state index is -0.0877. The molecule has 0 bridgehead atoms. The van der Waals surface area contributed by atoms with Crippen LogP contribution < -0.4 is 0 Å². The molecule has 0 aliphatic heterocycles. The van der Waals surface area contributed by atoms with Crippen LogP contribution in [-0.4, -0.2) is 5.11 Å². The Balaban J connectivity index is 3.22. The van der Waals surface area contributed by atoms with Crippen LogP contribution in [0.2, 0.25) is 0 Å². The molecule has 0 aromatic heterocycles. The highest BCUT2D eigenvalue weighted by Crippen LogP contribution is 2.32. The summed E-state index contributed by atoms with van der Waals surface area (Å²) >= 11 is 0. The third-order valence-corrected chi connectivity index (χ3v) is 2.20. The minimum absolute atomic E-state index is 0.0877. The SMILES string of the molecule is CC(C)(C)c1cccc(CC#N)c1O. The Labute approximate surface area is 84.8 Å². The van der Waals surface area contributed by atoms with Gasteiger partial charge in [-0.15, -0.1) is 0 Å². The molecule has 74 valence electrons. The topological polar surface area (TPSA) is 44.0 Å². The summed E-state index contributed by atoms with van der Waals surface area (Å²) in [4.78, 5) is 0. The van der Waals surface area contributed by atoms with Gasteiger partial charge < -0.3 is 5.11 Å². The molecule has 0 radical (unpaired) electrons. The summed E-state index contributed by atoms with van der Waals surface area (Å²) < 4.78 is 0. The Bertz CT molecular complexity index is 369. The number of phenolic OH excluding ortho intramolecular Hbond substituents is 1. The van der Waals surface area contributed by atoms with Crippen LogP contribution in [0.4, 0.5) is 0 Å². The molecule has 1 rings (SSSR count). The lowest BCUT2D eigenvalue weighted by Crippen LogP contribution is -2.11. The van der Waals surface area contributed by atoms with Gasteiger partial charge in [0, 0.05) is 5.56 Å². The van der Waals surface area contributed by atoms with Gasteiger partial charge in [-0.3, -0.25) is 0 Å². The second-order valence-corrected chi connectivity index (χ2v) is 4.40. The lowest BCUT2D eigenvalue weighted by molar-refractivity contribution is 0.442. The number of nitrogens with zero attached hydrogens (tertiary/aromatic N) is 1. The quantitative estimate of drug-likeness (QED) is 0.738. The van der Waals surface area contributed by atoms with E-state index < -0.39 is 0 Å². The molecule has 0 aliphatic carbocycles. The van der Waals surface area contributed by atoms with Crippen molar-refractivity contribution in [2.75, 3.05) is 0 Å². The highest BCUT2D eigenvalue weighted by molar-refractivity contribution is 5.44. The Morgan fingerprint density at radius 2 is 2.00 bits per heavy atom. The first-order valence-electron chi connectivity index (χ1n) is 4.65. The van der Waals surface area contributed by atoms with Crippen molar-refractivity contribution in [3.63, 3.8) is 0 Å². The lowest BCUT2D eigenvalue weighted by atomic mass is 9.85. The van der Waals surface area contributed by atoms with E-state index in [-0.39, 0.29) is 17.6 Å². The van der Waals surface area contributed by atoms with Gasteiger partial charge in [0.05, 0.1) is 12.5 Å². The van der Waals surface area contributed by atoms with Gasteiger partial charge in [0.15, 0.2) is 0 Å². The van der Waals surface area contributed by atoms with Crippen molar-refractivity contribution in [2.24, 2.45) is 0 Å². The Hall–Kier alpha value is -1.49. The van der Waals surface area contributed by atoms with E-state index in [0.29, 0.717) is 5.56 Å². The van der Waals surface area contributed by atoms with Gasteiger partial charge >= 0.3 is 0 Å². The van der Waals surface area contributed by atoms with Crippen LogP contribution in [0.5, 0.6) is 5.75 Å². The third kappa shape index (κ3) is 2.05. The maximum absolute atomic E-state index is 9.90. The van der Waals surface area contributed by atoms with Crippen LogP contribution in [0.15, 0.2) is 18.2 Å². The van der Waals surface area contributed by atoms with Gasteiger partial charge in [-0.2, -0.15) is 5.26 Å². The van der Waals surface area contributed by atoms with E-state index in [2.05, 4.69) is 0 Å². The van der Waals surface area contributed by atoms with E-state index in [1.807, 2.05) is 39.0 Å². The Morgan fingerprint density at radius 3 is 2.50 bits per heavy atom. The molecule has 0 unspecified atom stereocenters. The molecular weight excluding hydrogens is 174 g/mol. The van der Waals surface area contributed by atoms with Gasteiger partial charge in [-0.25, -0.2) is 0 Å². The normalized spacial score (nSPS) is 11.0. The number of hydrogen-bond donors (Lipinski definition) is 1. The molecule has 1 aromatic carbocycles. The summed E-state index contributed by atoms with van der Waals surface area (Å²) in [5, 5.41) is 18.5. The average Bonchev–Trinajstić information content (AvgIpc) is 2.07. The summed E-state index contributed by atoms with van der Waals surface area (Å²) in [6.45, 7) is 6.12. The smallest absolute Gasteiger partial charge is 0.123 e. The second kappa shape index (κ2) is 3.71. The van der Waals surface area contributed by atoms with Crippen molar-refractivity contribution in [3.8, 4) is 11.8 Å². The Morgan fingerprint density at radius 1 is 1.36 bits per heavy atom. The number of benzene rings is 1. The summed E-state index contributed by atoms with van der Waals surface area (Å²) in [6, 6.07) is 7.61. The van der Waals surface area contributed by atoms with Gasteiger partial charge in [0.25, 0.3) is 0 Å². The number of aromatic hydroxyl groups is 1. The van der Waals surface area contributed by atoms with Crippen LogP contribution in [0.25, 0.3) is 0 Å². The average molecular weight is 189 g/mol. The highest BCUT2D eigenvalue weighted by atomic mass is 16.3. The first kappa shape index (κ1) is 10.6. The van der Waals surface area contributed by atoms with Gasteiger partial charge in [0.2, 0.25) is 0 Å². The summed E-state index contributed by atoms with van der Waals surface area (Å²) in [5.74, 6) is 0.265. The van der Waals surface area contributed by atoms with Crippen LogP contribution in [0, 0.1) is 11.3 Å².